The van der Waals surface area contributed by atoms with Crippen LogP contribution in [0.15, 0.2) is 78.9 Å². The van der Waals surface area contributed by atoms with Gasteiger partial charge in [-0.1, -0.05) is 59.9 Å². The van der Waals surface area contributed by atoms with Crippen LogP contribution in [0, 0.1) is 0 Å². The van der Waals surface area contributed by atoms with Gasteiger partial charge in [0.25, 0.3) is 5.91 Å². The van der Waals surface area contributed by atoms with Crippen LogP contribution in [0.1, 0.15) is 35.3 Å². The lowest BCUT2D eigenvalue weighted by Crippen LogP contribution is -2.34. The second-order valence-electron chi connectivity index (χ2n) is 7.59. The van der Waals surface area contributed by atoms with Gasteiger partial charge in [0.05, 0.1) is 29.3 Å². The zero-order valence-electron chi connectivity index (χ0n) is 19.0. The minimum Gasteiger partial charge on any atom is -0.466 e. The van der Waals surface area contributed by atoms with Gasteiger partial charge < -0.3 is 15.4 Å². The molecular formula is C26H24N4O4S. The van der Waals surface area contributed by atoms with Gasteiger partial charge in [0.2, 0.25) is 0 Å². The summed E-state index contributed by atoms with van der Waals surface area (Å²) in [6.45, 7) is 2.01. The van der Waals surface area contributed by atoms with E-state index in [1.54, 1.807) is 43.3 Å². The first-order valence-corrected chi connectivity index (χ1v) is 11.9. The largest absolute Gasteiger partial charge is 0.466 e. The summed E-state index contributed by atoms with van der Waals surface area (Å²) in [7, 11) is 0. The van der Waals surface area contributed by atoms with Crippen LogP contribution in [-0.4, -0.2) is 29.5 Å². The monoisotopic (exact) mass is 488 g/mol. The molecule has 1 atom stereocenters. The Labute approximate surface area is 206 Å². The molecule has 1 aromatic heterocycles. The normalized spacial score (nSPS) is 11.5. The van der Waals surface area contributed by atoms with Crippen LogP contribution in [0.3, 0.4) is 0 Å². The summed E-state index contributed by atoms with van der Waals surface area (Å²) in [4.78, 5) is 41.6. The molecule has 8 nitrogen and oxygen atoms in total. The van der Waals surface area contributed by atoms with Crippen molar-refractivity contribution in [2.45, 2.75) is 19.4 Å². The van der Waals surface area contributed by atoms with E-state index in [4.69, 9.17) is 4.74 Å². The van der Waals surface area contributed by atoms with Gasteiger partial charge in [-0.3, -0.25) is 14.9 Å². The minimum absolute atomic E-state index is 0.0147. The average Bonchev–Trinajstić information content (AvgIpc) is 3.26. The van der Waals surface area contributed by atoms with Crippen molar-refractivity contribution < 1.29 is 19.1 Å². The van der Waals surface area contributed by atoms with E-state index in [-0.39, 0.29) is 18.9 Å². The number of anilines is 2. The molecule has 3 N–H and O–H groups in total. The highest BCUT2D eigenvalue weighted by molar-refractivity contribution is 7.22. The molecule has 3 aromatic carbocycles. The number of carbonyl (C=O) groups excluding carboxylic acids is 3. The standard InChI is InChI=1S/C26H24N4O4S/c1-2-34-23(31)16-20(17-9-5-3-6-10-17)28-25(33)27-19-13-14-22-21(15-19)29-26(35-22)30-24(32)18-11-7-4-8-12-18/h3-15,20H,2,16H2,1H3,(H2,27,28,33)(H,29,30,32)/t20-/m1/s1. The van der Waals surface area contributed by atoms with Crippen LogP contribution in [0.2, 0.25) is 0 Å². The van der Waals surface area contributed by atoms with Gasteiger partial charge in [-0.25, -0.2) is 9.78 Å². The number of amides is 3. The third kappa shape index (κ3) is 6.42. The molecule has 0 unspecified atom stereocenters. The molecule has 0 aliphatic rings. The second-order valence-corrected chi connectivity index (χ2v) is 8.62. The van der Waals surface area contributed by atoms with E-state index in [1.807, 2.05) is 42.5 Å². The third-order valence-electron chi connectivity index (χ3n) is 5.09. The molecule has 4 aromatic rings. The number of carbonyl (C=O) groups is 3. The number of esters is 1. The Kier molecular flexibility index (Phi) is 7.69. The molecule has 0 saturated heterocycles. The topological polar surface area (TPSA) is 109 Å². The van der Waals surface area contributed by atoms with E-state index < -0.39 is 18.0 Å². The zero-order chi connectivity index (χ0) is 24.6. The predicted octanol–water partition coefficient (Wildman–Crippen LogP) is 5.36. The number of benzene rings is 3. The molecule has 0 aliphatic carbocycles. The first kappa shape index (κ1) is 23.9. The first-order chi connectivity index (χ1) is 17.0. The number of aromatic nitrogens is 1. The fourth-order valence-electron chi connectivity index (χ4n) is 3.47. The molecule has 4 rings (SSSR count). The van der Waals surface area contributed by atoms with Crippen molar-refractivity contribution in [3.8, 4) is 0 Å². The SMILES string of the molecule is CCOC(=O)C[C@@H](NC(=O)Nc1ccc2sc(NC(=O)c3ccccc3)nc2c1)c1ccccc1. The Bertz CT molecular complexity index is 1330. The minimum atomic E-state index is -0.543. The maximum atomic E-state index is 12.7. The summed E-state index contributed by atoms with van der Waals surface area (Å²) < 4.78 is 5.92. The lowest BCUT2D eigenvalue weighted by molar-refractivity contribution is -0.143. The van der Waals surface area contributed by atoms with Crippen molar-refractivity contribution in [1.29, 1.82) is 0 Å². The molecule has 35 heavy (non-hydrogen) atoms. The number of thiazole rings is 1. The van der Waals surface area contributed by atoms with Gasteiger partial charge in [0.15, 0.2) is 5.13 Å². The summed E-state index contributed by atoms with van der Waals surface area (Å²) in [6.07, 6.45) is 0.0147. The number of nitrogens with zero attached hydrogens (tertiary/aromatic N) is 1. The second kappa shape index (κ2) is 11.3. The Morgan fingerprint density at radius 1 is 0.943 bits per heavy atom. The number of ether oxygens (including phenoxy) is 1. The summed E-state index contributed by atoms with van der Waals surface area (Å²) in [5.41, 5.74) is 2.51. The van der Waals surface area contributed by atoms with Gasteiger partial charge in [0.1, 0.15) is 0 Å². The number of urea groups is 1. The molecule has 0 radical (unpaired) electrons. The Morgan fingerprint density at radius 3 is 2.37 bits per heavy atom. The molecule has 178 valence electrons. The summed E-state index contributed by atoms with van der Waals surface area (Å²) in [5.74, 6) is -0.633. The van der Waals surface area contributed by atoms with Crippen LogP contribution < -0.4 is 16.0 Å². The maximum absolute atomic E-state index is 12.7. The average molecular weight is 489 g/mol. The highest BCUT2D eigenvalue weighted by atomic mass is 32.1. The van der Waals surface area contributed by atoms with E-state index in [0.29, 0.717) is 21.9 Å². The molecule has 0 spiro atoms. The number of rotatable bonds is 8. The number of fused-ring (bicyclic) bond motifs is 1. The molecule has 0 aliphatic heterocycles. The van der Waals surface area contributed by atoms with E-state index in [0.717, 1.165) is 10.3 Å². The molecule has 3 amide bonds. The van der Waals surface area contributed by atoms with Crippen LogP contribution in [0.5, 0.6) is 0 Å². The molecule has 9 heteroatoms. The van der Waals surface area contributed by atoms with Gasteiger partial charge in [-0.15, -0.1) is 0 Å². The van der Waals surface area contributed by atoms with Crippen LogP contribution in [-0.2, 0) is 9.53 Å². The van der Waals surface area contributed by atoms with E-state index in [2.05, 4.69) is 20.9 Å². The number of nitrogens with one attached hydrogen (secondary N) is 3. The zero-order valence-corrected chi connectivity index (χ0v) is 19.8. The molecular weight excluding hydrogens is 464 g/mol. The highest BCUT2D eigenvalue weighted by Gasteiger charge is 2.19. The third-order valence-corrected chi connectivity index (χ3v) is 6.04. The van der Waals surface area contributed by atoms with Gasteiger partial charge in [0, 0.05) is 11.3 Å². The lowest BCUT2D eigenvalue weighted by Gasteiger charge is -2.19. The van der Waals surface area contributed by atoms with Crippen molar-refractivity contribution in [1.82, 2.24) is 10.3 Å². The number of hydrogen-bond acceptors (Lipinski definition) is 6. The van der Waals surface area contributed by atoms with Crippen LogP contribution >= 0.6 is 11.3 Å². The van der Waals surface area contributed by atoms with E-state index >= 15 is 0 Å². The Balaban J connectivity index is 1.43. The Morgan fingerprint density at radius 2 is 1.66 bits per heavy atom. The van der Waals surface area contributed by atoms with Crippen LogP contribution in [0.4, 0.5) is 15.6 Å². The van der Waals surface area contributed by atoms with Crippen molar-refractivity contribution in [2.24, 2.45) is 0 Å². The lowest BCUT2D eigenvalue weighted by atomic mass is 10.0. The highest BCUT2D eigenvalue weighted by Crippen LogP contribution is 2.28. The van der Waals surface area contributed by atoms with Crippen molar-refractivity contribution in [2.75, 3.05) is 17.2 Å². The van der Waals surface area contributed by atoms with Gasteiger partial charge in [-0.2, -0.15) is 0 Å². The fourth-order valence-corrected chi connectivity index (χ4v) is 4.31. The Hall–Kier alpha value is -4.24. The summed E-state index contributed by atoms with van der Waals surface area (Å²) >= 11 is 1.34. The molecule has 0 bridgehead atoms. The van der Waals surface area contributed by atoms with E-state index in [9.17, 15) is 14.4 Å². The number of hydrogen-bond donors (Lipinski definition) is 3. The predicted molar refractivity (Wildman–Crippen MR) is 137 cm³/mol. The van der Waals surface area contributed by atoms with Crippen molar-refractivity contribution in [3.63, 3.8) is 0 Å². The first-order valence-electron chi connectivity index (χ1n) is 11.1. The summed E-state index contributed by atoms with van der Waals surface area (Å²) in [5, 5.41) is 8.91. The van der Waals surface area contributed by atoms with Crippen molar-refractivity contribution >= 4 is 50.3 Å². The van der Waals surface area contributed by atoms with Crippen LogP contribution in [0.25, 0.3) is 10.2 Å². The molecule has 0 fully saturated rings. The molecule has 1 heterocycles. The van der Waals surface area contributed by atoms with E-state index in [1.165, 1.54) is 11.3 Å². The summed E-state index contributed by atoms with van der Waals surface area (Å²) in [6, 6.07) is 22.4. The van der Waals surface area contributed by atoms with Gasteiger partial charge in [-0.05, 0) is 42.8 Å². The smallest absolute Gasteiger partial charge is 0.319 e. The van der Waals surface area contributed by atoms with Gasteiger partial charge >= 0.3 is 12.0 Å². The van der Waals surface area contributed by atoms with Crippen molar-refractivity contribution in [3.05, 3.63) is 90.0 Å². The fraction of sp³-hybridized carbons (Fsp3) is 0.154. The molecule has 0 saturated carbocycles. The maximum Gasteiger partial charge on any atom is 0.319 e. The quantitative estimate of drug-likeness (QED) is 0.289.